The van der Waals surface area contributed by atoms with E-state index in [1.165, 1.54) is 23.6 Å². The molecule has 10 heteroatoms. The van der Waals surface area contributed by atoms with Gasteiger partial charge in [0.1, 0.15) is 4.88 Å². The molecule has 2 aromatic rings. The normalized spacial score (nSPS) is 11.0. The molecule has 1 aromatic carbocycles. The number of rotatable bonds is 5. The number of carboxylic acids is 1. The number of nitro benzene ring substituents is 1. The highest BCUT2D eigenvalue weighted by Gasteiger charge is 2.21. The van der Waals surface area contributed by atoms with E-state index < -0.39 is 20.9 Å². The van der Waals surface area contributed by atoms with E-state index in [1.54, 1.807) is 0 Å². The van der Waals surface area contributed by atoms with Gasteiger partial charge in [-0.1, -0.05) is 6.07 Å². The van der Waals surface area contributed by atoms with Gasteiger partial charge in [-0.3, -0.25) is 14.8 Å². The average molecular weight is 328 g/mol. The van der Waals surface area contributed by atoms with Gasteiger partial charge in [-0.05, 0) is 17.5 Å². The Bertz CT molecular complexity index is 812. The summed E-state index contributed by atoms with van der Waals surface area (Å²) < 4.78 is 26.4. The van der Waals surface area contributed by atoms with Crippen molar-refractivity contribution in [3.63, 3.8) is 0 Å². The number of nitrogens with zero attached hydrogens (tertiary/aromatic N) is 1. The van der Waals surface area contributed by atoms with Crippen molar-refractivity contribution >= 4 is 38.7 Å². The van der Waals surface area contributed by atoms with Crippen molar-refractivity contribution in [3.05, 3.63) is 50.7 Å². The van der Waals surface area contributed by atoms with E-state index >= 15 is 0 Å². The maximum absolute atomic E-state index is 12.1. The second kappa shape index (κ2) is 5.50. The van der Waals surface area contributed by atoms with E-state index in [9.17, 15) is 23.3 Å². The SMILES string of the molecule is O=C(O)c1sccc1NS(=O)(=O)c1cccc([N+](=O)[O-])c1. The van der Waals surface area contributed by atoms with E-state index in [0.29, 0.717) is 0 Å². The minimum absolute atomic E-state index is 0.0843. The van der Waals surface area contributed by atoms with Gasteiger partial charge in [0.15, 0.2) is 0 Å². The van der Waals surface area contributed by atoms with Crippen LogP contribution in [-0.4, -0.2) is 24.4 Å². The first-order valence-electron chi connectivity index (χ1n) is 5.39. The number of nitrogens with one attached hydrogen (secondary N) is 1. The first-order chi connectivity index (χ1) is 9.81. The lowest BCUT2D eigenvalue weighted by Crippen LogP contribution is -2.14. The molecule has 2 N–H and O–H groups in total. The van der Waals surface area contributed by atoms with Crippen molar-refractivity contribution in [1.29, 1.82) is 0 Å². The molecule has 21 heavy (non-hydrogen) atoms. The number of hydrogen-bond donors (Lipinski definition) is 2. The lowest BCUT2D eigenvalue weighted by molar-refractivity contribution is -0.385. The molecule has 0 radical (unpaired) electrons. The lowest BCUT2D eigenvalue weighted by Gasteiger charge is -2.07. The van der Waals surface area contributed by atoms with Crippen LogP contribution >= 0.6 is 11.3 Å². The van der Waals surface area contributed by atoms with Gasteiger partial charge in [0.2, 0.25) is 0 Å². The summed E-state index contributed by atoms with van der Waals surface area (Å²) in [6, 6.07) is 5.78. The van der Waals surface area contributed by atoms with Crippen molar-refractivity contribution in [2.75, 3.05) is 4.72 Å². The molecule has 2 rings (SSSR count). The third-order valence-electron chi connectivity index (χ3n) is 2.44. The molecular weight excluding hydrogens is 320 g/mol. The Morgan fingerprint density at radius 1 is 1.33 bits per heavy atom. The zero-order valence-corrected chi connectivity index (χ0v) is 11.8. The number of nitro groups is 1. The quantitative estimate of drug-likeness (QED) is 0.639. The minimum atomic E-state index is -4.11. The summed E-state index contributed by atoms with van der Waals surface area (Å²) in [6.07, 6.45) is 0. The Balaban J connectivity index is 2.39. The van der Waals surface area contributed by atoms with Gasteiger partial charge in [-0.25, -0.2) is 13.2 Å². The van der Waals surface area contributed by atoms with Crippen molar-refractivity contribution in [2.24, 2.45) is 0 Å². The summed E-state index contributed by atoms with van der Waals surface area (Å²) in [6.45, 7) is 0. The summed E-state index contributed by atoms with van der Waals surface area (Å²) in [5, 5.41) is 21.0. The van der Waals surface area contributed by atoms with Crippen molar-refractivity contribution in [1.82, 2.24) is 0 Å². The number of sulfonamides is 1. The average Bonchev–Trinajstić information content (AvgIpc) is 2.86. The molecule has 0 bridgehead atoms. The van der Waals surface area contributed by atoms with Gasteiger partial charge in [-0.15, -0.1) is 11.3 Å². The van der Waals surface area contributed by atoms with E-state index in [0.717, 1.165) is 23.5 Å². The number of non-ortho nitro benzene ring substituents is 1. The maximum Gasteiger partial charge on any atom is 0.348 e. The molecule has 0 spiro atoms. The highest BCUT2D eigenvalue weighted by molar-refractivity contribution is 7.92. The van der Waals surface area contributed by atoms with Crippen molar-refractivity contribution in [2.45, 2.75) is 4.90 Å². The number of carboxylic acid groups (broad SMARTS) is 1. The second-order valence-electron chi connectivity index (χ2n) is 3.83. The van der Waals surface area contributed by atoms with Crippen LogP contribution in [0, 0.1) is 10.1 Å². The number of anilines is 1. The van der Waals surface area contributed by atoms with Crippen LogP contribution in [0.2, 0.25) is 0 Å². The van der Waals surface area contributed by atoms with Crippen LogP contribution in [0.5, 0.6) is 0 Å². The molecule has 1 aromatic heterocycles. The fourth-order valence-corrected chi connectivity index (χ4v) is 3.39. The van der Waals surface area contributed by atoms with Gasteiger partial charge in [0.25, 0.3) is 15.7 Å². The fourth-order valence-electron chi connectivity index (χ4n) is 1.52. The zero-order chi connectivity index (χ0) is 15.6. The van der Waals surface area contributed by atoms with Gasteiger partial charge in [0.05, 0.1) is 15.5 Å². The molecule has 0 aliphatic rings. The predicted molar refractivity (Wildman–Crippen MR) is 75.2 cm³/mol. The van der Waals surface area contributed by atoms with E-state index in [4.69, 9.17) is 5.11 Å². The molecular formula is C11H8N2O6S2. The van der Waals surface area contributed by atoms with Gasteiger partial charge < -0.3 is 5.11 Å². The van der Waals surface area contributed by atoms with Crippen LogP contribution < -0.4 is 4.72 Å². The van der Waals surface area contributed by atoms with Crippen LogP contribution in [0.4, 0.5) is 11.4 Å². The number of aromatic carboxylic acids is 1. The Morgan fingerprint density at radius 3 is 2.67 bits per heavy atom. The molecule has 0 saturated carbocycles. The summed E-state index contributed by atoms with van der Waals surface area (Å²) in [5.41, 5.74) is -0.458. The van der Waals surface area contributed by atoms with E-state index in [2.05, 4.69) is 4.72 Å². The van der Waals surface area contributed by atoms with Gasteiger partial charge in [0, 0.05) is 12.1 Å². The Labute approximate surface area is 122 Å². The molecule has 0 fully saturated rings. The molecule has 0 amide bonds. The smallest absolute Gasteiger partial charge is 0.348 e. The van der Waals surface area contributed by atoms with Crippen LogP contribution in [0.3, 0.4) is 0 Å². The third kappa shape index (κ3) is 3.17. The maximum atomic E-state index is 12.1. The fraction of sp³-hybridized carbons (Fsp3) is 0. The van der Waals surface area contributed by atoms with Crippen LogP contribution in [0.25, 0.3) is 0 Å². The van der Waals surface area contributed by atoms with E-state index in [1.807, 2.05) is 0 Å². The summed E-state index contributed by atoms with van der Waals surface area (Å²) >= 11 is 0.867. The van der Waals surface area contributed by atoms with Crippen LogP contribution in [0.15, 0.2) is 40.6 Å². The Kier molecular flexibility index (Phi) is 3.91. The molecule has 110 valence electrons. The second-order valence-corrected chi connectivity index (χ2v) is 6.43. The van der Waals surface area contributed by atoms with Gasteiger partial charge >= 0.3 is 5.97 Å². The van der Waals surface area contributed by atoms with Crippen LogP contribution in [0.1, 0.15) is 9.67 Å². The third-order valence-corrected chi connectivity index (χ3v) is 4.71. The van der Waals surface area contributed by atoms with Crippen LogP contribution in [-0.2, 0) is 10.0 Å². The molecule has 1 heterocycles. The monoisotopic (exact) mass is 328 g/mol. The standard InChI is InChI=1S/C11H8N2O6S2/c14-11(15)10-9(4-5-20-10)12-21(18,19)8-3-1-2-7(6-8)13(16)17/h1-6,12H,(H,14,15). The summed E-state index contributed by atoms with van der Waals surface area (Å²) in [5.74, 6) is -1.26. The molecule has 0 aliphatic heterocycles. The first kappa shape index (κ1) is 14.9. The Morgan fingerprint density at radius 2 is 2.05 bits per heavy atom. The highest BCUT2D eigenvalue weighted by Crippen LogP contribution is 2.26. The molecule has 8 nitrogen and oxygen atoms in total. The minimum Gasteiger partial charge on any atom is -0.477 e. The number of hydrogen-bond acceptors (Lipinski definition) is 6. The van der Waals surface area contributed by atoms with Gasteiger partial charge in [-0.2, -0.15) is 0 Å². The predicted octanol–water partition coefficient (Wildman–Crippen LogP) is 2.16. The molecule has 0 saturated heterocycles. The van der Waals surface area contributed by atoms with Crippen molar-refractivity contribution in [3.8, 4) is 0 Å². The first-order valence-corrected chi connectivity index (χ1v) is 7.75. The summed E-state index contributed by atoms with van der Waals surface area (Å²) in [7, 11) is -4.11. The Hall–Kier alpha value is -2.46. The molecule has 0 atom stereocenters. The lowest BCUT2D eigenvalue weighted by atomic mass is 10.3. The molecule has 0 aliphatic carbocycles. The number of carbonyl (C=O) groups is 1. The number of thiophene rings is 1. The highest BCUT2D eigenvalue weighted by atomic mass is 32.2. The largest absolute Gasteiger partial charge is 0.477 e. The zero-order valence-electron chi connectivity index (χ0n) is 10.2. The molecule has 0 unspecified atom stereocenters. The number of benzene rings is 1. The van der Waals surface area contributed by atoms with Crippen molar-refractivity contribution < 1.29 is 23.2 Å². The summed E-state index contributed by atoms with van der Waals surface area (Å²) in [4.78, 5) is 20.4. The van der Waals surface area contributed by atoms with E-state index in [-0.39, 0.29) is 21.1 Å². The topological polar surface area (TPSA) is 127 Å².